The van der Waals surface area contributed by atoms with Crippen molar-refractivity contribution in [2.24, 2.45) is 7.05 Å². The Hall–Kier alpha value is -1.90. The van der Waals surface area contributed by atoms with Gasteiger partial charge in [0.2, 0.25) is 0 Å². The Balaban J connectivity index is 1.74. The molecule has 2 heterocycles. The van der Waals surface area contributed by atoms with E-state index < -0.39 is 0 Å². The minimum absolute atomic E-state index is 0.0996. The minimum atomic E-state index is -0.356. The number of carbonyl (C=O) groups excluding carboxylic acids is 2. The number of benzene rings is 1. The Morgan fingerprint density at radius 1 is 1.32 bits per heavy atom. The third kappa shape index (κ3) is 3.86. The second-order valence-electron chi connectivity index (χ2n) is 5.65. The van der Waals surface area contributed by atoms with Gasteiger partial charge < -0.3 is 20.1 Å². The maximum absolute atomic E-state index is 12.5. The molecule has 2 amide bonds. The second-order valence-corrected chi connectivity index (χ2v) is 6.87. The van der Waals surface area contributed by atoms with Crippen molar-refractivity contribution in [1.29, 1.82) is 0 Å². The number of rotatable bonds is 3. The average molecular weight is 427 g/mol. The number of anilines is 1. The van der Waals surface area contributed by atoms with Gasteiger partial charge in [0, 0.05) is 38.9 Å². The molecule has 25 heavy (non-hydrogen) atoms. The molecule has 3 rings (SSSR count). The van der Waals surface area contributed by atoms with Crippen molar-refractivity contribution in [3.63, 3.8) is 0 Å². The summed E-state index contributed by atoms with van der Waals surface area (Å²) in [6.45, 7) is 2.86. The molecule has 0 spiro atoms. The molecule has 1 aromatic carbocycles. The zero-order valence-corrected chi connectivity index (χ0v) is 15.9. The monoisotopic (exact) mass is 425 g/mol. The van der Waals surface area contributed by atoms with Crippen molar-refractivity contribution in [2.45, 2.75) is 0 Å². The summed E-state index contributed by atoms with van der Waals surface area (Å²) in [5, 5.41) is 6.25. The van der Waals surface area contributed by atoms with Gasteiger partial charge in [0.1, 0.15) is 4.60 Å². The van der Waals surface area contributed by atoms with Gasteiger partial charge in [0.15, 0.2) is 5.82 Å². The Morgan fingerprint density at radius 2 is 2.04 bits per heavy atom. The number of piperazine rings is 1. The van der Waals surface area contributed by atoms with Crippen molar-refractivity contribution >= 4 is 45.0 Å². The number of hydrogen-bond acceptors (Lipinski definition) is 4. The maximum Gasteiger partial charge on any atom is 0.291 e. The second kappa shape index (κ2) is 7.55. The lowest BCUT2D eigenvalue weighted by Gasteiger charge is -2.27. The van der Waals surface area contributed by atoms with Crippen molar-refractivity contribution in [3.8, 4) is 0 Å². The molecule has 0 aliphatic carbocycles. The zero-order valence-electron chi connectivity index (χ0n) is 13.6. The Kier molecular flexibility index (Phi) is 5.41. The number of amides is 2. The maximum atomic E-state index is 12.5. The number of aromatic nitrogens is 2. The summed E-state index contributed by atoms with van der Waals surface area (Å²) in [4.78, 5) is 30.6. The number of carbonyl (C=O) groups is 2. The van der Waals surface area contributed by atoms with Gasteiger partial charge in [-0.15, -0.1) is 0 Å². The van der Waals surface area contributed by atoms with Gasteiger partial charge in [-0.2, -0.15) is 0 Å². The van der Waals surface area contributed by atoms with Crippen LogP contribution in [0.4, 0.5) is 5.69 Å². The molecule has 0 radical (unpaired) electrons. The number of nitrogens with one attached hydrogen (secondary N) is 2. The van der Waals surface area contributed by atoms with Crippen LogP contribution in [0.5, 0.6) is 0 Å². The molecule has 2 N–H and O–H groups in total. The molecule has 2 aromatic rings. The molecule has 1 aliphatic rings. The normalized spacial score (nSPS) is 14.4. The van der Waals surface area contributed by atoms with Gasteiger partial charge in [-0.25, -0.2) is 4.98 Å². The fourth-order valence-electron chi connectivity index (χ4n) is 2.59. The average Bonchev–Trinajstić information content (AvgIpc) is 2.94. The van der Waals surface area contributed by atoms with Crippen molar-refractivity contribution in [3.05, 3.63) is 45.4 Å². The van der Waals surface area contributed by atoms with Crippen LogP contribution in [0, 0.1) is 0 Å². The molecule has 0 atom stereocenters. The van der Waals surface area contributed by atoms with E-state index >= 15 is 0 Å². The fourth-order valence-corrected chi connectivity index (χ4v) is 3.12. The SMILES string of the molecule is Cn1c(Br)cnc1C(=O)Nc1ccc(C(=O)N2CCNCC2)c(Cl)c1. The van der Waals surface area contributed by atoms with Gasteiger partial charge in [-0.05, 0) is 34.1 Å². The van der Waals surface area contributed by atoms with Crippen LogP contribution in [0.2, 0.25) is 5.02 Å². The van der Waals surface area contributed by atoms with Crippen LogP contribution in [0.3, 0.4) is 0 Å². The molecular weight excluding hydrogens is 410 g/mol. The molecule has 7 nitrogen and oxygen atoms in total. The first-order valence-electron chi connectivity index (χ1n) is 7.75. The molecule has 1 aromatic heterocycles. The van der Waals surface area contributed by atoms with Crippen molar-refractivity contribution < 1.29 is 9.59 Å². The standard InChI is InChI=1S/C16H17BrClN5O2/c1-22-13(17)9-20-14(22)15(24)21-10-2-3-11(12(18)8-10)16(25)23-6-4-19-5-7-23/h2-3,8-9,19H,4-7H2,1H3,(H,21,24). The first kappa shape index (κ1) is 17.9. The first-order chi connectivity index (χ1) is 12.0. The van der Waals surface area contributed by atoms with Crippen LogP contribution in [0.25, 0.3) is 0 Å². The van der Waals surface area contributed by atoms with E-state index in [0.717, 1.165) is 13.1 Å². The fraction of sp³-hybridized carbons (Fsp3) is 0.312. The molecule has 1 aliphatic heterocycles. The Bertz CT molecular complexity index is 817. The van der Waals surface area contributed by atoms with Gasteiger partial charge in [0.05, 0.1) is 16.8 Å². The van der Waals surface area contributed by atoms with Crippen molar-refractivity contribution in [1.82, 2.24) is 19.8 Å². The largest absolute Gasteiger partial charge is 0.336 e. The van der Waals surface area contributed by atoms with Gasteiger partial charge >= 0.3 is 0 Å². The van der Waals surface area contributed by atoms with Crippen LogP contribution < -0.4 is 10.6 Å². The predicted molar refractivity (Wildman–Crippen MR) is 99.1 cm³/mol. The summed E-state index contributed by atoms with van der Waals surface area (Å²) >= 11 is 9.56. The lowest BCUT2D eigenvalue weighted by atomic mass is 10.1. The Labute approximate surface area is 158 Å². The molecule has 132 valence electrons. The Morgan fingerprint density at radius 3 is 2.64 bits per heavy atom. The topological polar surface area (TPSA) is 79.3 Å². The summed E-state index contributed by atoms with van der Waals surface area (Å²) in [7, 11) is 1.73. The number of halogens is 2. The number of hydrogen-bond donors (Lipinski definition) is 2. The zero-order chi connectivity index (χ0) is 18.0. The molecule has 0 bridgehead atoms. The number of nitrogens with zero attached hydrogens (tertiary/aromatic N) is 3. The molecule has 1 fully saturated rings. The predicted octanol–water partition coefficient (Wildman–Crippen LogP) is 2.13. The van der Waals surface area contributed by atoms with Crippen LogP contribution in [-0.4, -0.2) is 52.4 Å². The van der Waals surface area contributed by atoms with Crippen LogP contribution >= 0.6 is 27.5 Å². The smallest absolute Gasteiger partial charge is 0.291 e. The minimum Gasteiger partial charge on any atom is -0.336 e. The van der Waals surface area contributed by atoms with E-state index in [9.17, 15) is 9.59 Å². The third-order valence-electron chi connectivity index (χ3n) is 4.00. The highest BCUT2D eigenvalue weighted by Crippen LogP contribution is 2.23. The van der Waals surface area contributed by atoms with E-state index in [1.807, 2.05) is 0 Å². The van der Waals surface area contributed by atoms with Crippen molar-refractivity contribution in [2.75, 3.05) is 31.5 Å². The lowest BCUT2D eigenvalue weighted by molar-refractivity contribution is 0.0736. The summed E-state index contributed by atoms with van der Waals surface area (Å²) in [5.41, 5.74) is 0.937. The molecule has 9 heteroatoms. The van der Waals surface area contributed by atoms with E-state index in [1.165, 1.54) is 0 Å². The van der Waals surface area contributed by atoms with Gasteiger partial charge in [-0.3, -0.25) is 9.59 Å². The molecule has 1 saturated heterocycles. The van der Waals surface area contributed by atoms with E-state index in [-0.39, 0.29) is 17.6 Å². The van der Waals surface area contributed by atoms with Crippen LogP contribution in [-0.2, 0) is 7.05 Å². The highest BCUT2D eigenvalue weighted by Gasteiger charge is 2.21. The molecule has 0 saturated carbocycles. The summed E-state index contributed by atoms with van der Waals surface area (Å²) in [5.74, 6) is -0.188. The van der Waals surface area contributed by atoms with E-state index in [1.54, 1.807) is 40.9 Å². The molecular formula is C16H17BrClN5O2. The van der Waals surface area contributed by atoms with E-state index in [2.05, 4.69) is 31.5 Å². The first-order valence-corrected chi connectivity index (χ1v) is 8.92. The van der Waals surface area contributed by atoms with Crippen LogP contribution in [0.15, 0.2) is 29.0 Å². The highest BCUT2D eigenvalue weighted by atomic mass is 79.9. The lowest BCUT2D eigenvalue weighted by Crippen LogP contribution is -2.46. The quantitative estimate of drug-likeness (QED) is 0.788. The third-order valence-corrected chi connectivity index (χ3v) is 5.05. The van der Waals surface area contributed by atoms with Gasteiger partial charge in [-0.1, -0.05) is 11.6 Å². The highest BCUT2D eigenvalue weighted by molar-refractivity contribution is 9.10. The number of imidazole rings is 1. The summed E-state index contributed by atoms with van der Waals surface area (Å²) in [6.07, 6.45) is 1.55. The van der Waals surface area contributed by atoms with Gasteiger partial charge in [0.25, 0.3) is 11.8 Å². The summed E-state index contributed by atoms with van der Waals surface area (Å²) in [6, 6.07) is 4.88. The molecule has 0 unspecified atom stereocenters. The van der Waals surface area contributed by atoms with E-state index in [0.29, 0.717) is 34.0 Å². The van der Waals surface area contributed by atoms with Crippen LogP contribution in [0.1, 0.15) is 21.0 Å². The summed E-state index contributed by atoms with van der Waals surface area (Å²) < 4.78 is 2.33. The van der Waals surface area contributed by atoms with E-state index in [4.69, 9.17) is 11.6 Å².